The highest BCUT2D eigenvalue weighted by molar-refractivity contribution is 7.12. The molecule has 0 unspecified atom stereocenters. The van der Waals surface area contributed by atoms with Gasteiger partial charge in [-0.05, 0) is 35.6 Å². The third-order valence-corrected chi connectivity index (χ3v) is 3.77. The molecule has 1 atom stereocenters. The van der Waals surface area contributed by atoms with Crippen molar-refractivity contribution in [1.82, 2.24) is 10.3 Å². The summed E-state index contributed by atoms with van der Waals surface area (Å²) in [6.45, 7) is 1.89. The summed E-state index contributed by atoms with van der Waals surface area (Å²) in [7, 11) is 0. The van der Waals surface area contributed by atoms with Crippen molar-refractivity contribution in [1.29, 1.82) is 0 Å². The second kappa shape index (κ2) is 6.29. The first kappa shape index (κ1) is 14.2. The lowest BCUT2D eigenvalue weighted by Crippen LogP contribution is -2.42. The Balaban J connectivity index is 2.06. The van der Waals surface area contributed by atoms with E-state index >= 15 is 0 Å². The normalized spacial score (nSPS) is 11.8. The summed E-state index contributed by atoms with van der Waals surface area (Å²) >= 11 is 1.30. The smallest absolute Gasteiger partial charge is 0.326 e. The van der Waals surface area contributed by atoms with Gasteiger partial charge in [0.25, 0.3) is 5.91 Å². The van der Waals surface area contributed by atoms with Crippen LogP contribution in [0.5, 0.6) is 0 Å². The second-order valence-electron chi connectivity index (χ2n) is 4.42. The number of aliphatic carboxylic acids is 1. The van der Waals surface area contributed by atoms with Gasteiger partial charge in [0.05, 0.1) is 4.88 Å². The molecular formula is C14H14N2O3S. The van der Waals surface area contributed by atoms with Crippen LogP contribution in [0.3, 0.4) is 0 Å². The summed E-state index contributed by atoms with van der Waals surface area (Å²) in [4.78, 5) is 27.7. The number of hydrogen-bond donors (Lipinski definition) is 2. The van der Waals surface area contributed by atoms with Crippen molar-refractivity contribution >= 4 is 23.2 Å². The largest absolute Gasteiger partial charge is 0.480 e. The molecule has 5 nitrogen and oxygen atoms in total. The molecule has 2 heterocycles. The molecule has 0 fully saturated rings. The summed E-state index contributed by atoms with van der Waals surface area (Å²) in [6.07, 6.45) is 3.42. The molecule has 0 spiro atoms. The van der Waals surface area contributed by atoms with Crippen LogP contribution in [0.25, 0.3) is 0 Å². The van der Waals surface area contributed by atoms with Crippen molar-refractivity contribution < 1.29 is 14.7 Å². The van der Waals surface area contributed by atoms with Crippen molar-refractivity contribution in [3.63, 3.8) is 0 Å². The Kier molecular flexibility index (Phi) is 4.47. The van der Waals surface area contributed by atoms with Gasteiger partial charge in [0, 0.05) is 18.8 Å². The zero-order valence-corrected chi connectivity index (χ0v) is 11.7. The Morgan fingerprint density at radius 2 is 2.30 bits per heavy atom. The van der Waals surface area contributed by atoms with Gasteiger partial charge in [0.2, 0.25) is 0 Å². The number of nitrogens with zero attached hydrogens (tertiary/aromatic N) is 1. The van der Waals surface area contributed by atoms with E-state index < -0.39 is 12.0 Å². The maximum atomic E-state index is 12.0. The number of carbonyl (C=O) groups excluding carboxylic acids is 1. The van der Waals surface area contributed by atoms with Crippen LogP contribution in [0.15, 0.2) is 36.0 Å². The summed E-state index contributed by atoms with van der Waals surface area (Å²) in [5.41, 5.74) is 1.75. The SMILES string of the molecule is Cc1csc(C(=O)N[C@@H](Cc2cccnc2)C(=O)O)c1. The number of pyridine rings is 1. The molecule has 104 valence electrons. The second-order valence-corrected chi connectivity index (χ2v) is 5.33. The van der Waals surface area contributed by atoms with Gasteiger partial charge in [-0.3, -0.25) is 9.78 Å². The molecule has 2 aromatic heterocycles. The van der Waals surface area contributed by atoms with Gasteiger partial charge in [0.15, 0.2) is 0 Å². The lowest BCUT2D eigenvalue weighted by molar-refractivity contribution is -0.139. The minimum atomic E-state index is -1.06. The summed E-state index contributed by atoms with van der Waals surface area (Å²) in [6, 6.07) is 4.29. The molecule has 0 saturated carbocycles. The van der Waals surface area contributed by atoms with Crippen LogP contribution in [-0.4, -0.2) is 28.0 Å². The van der Waals surface area contributed by atoms with E-state index in [0.29, 0.717) is 4.88 Å². The third-order valence-electron chi connectivity index (χ3n) is 2.72. The minimum absolute atomic E-state index is 0.208. The van der Waals surface area contributed by atoms with Crippen LogP contribution in [0, 0.1) is 6.92 Å². The number of hydrogen-bond acceptors (Lipinski definition) is 4. The molecule has 0 radical (unpaired) electrons. The fourth-order valence-electron chi connectivity index (χ4n) is 1.73. The highest BCUT2D eigenvalue weighted by atomic mass is 32.1. The number of amides is 1. The number of carboxylic acids is 1. The molecule has 0 aliphatic carbocycles. The summed E-state index contributed by atoms with van der Waals surface area (Å²) in [5, 5.41) is 13.6. The minimum Gasteiger partial charge on any atom is -0.480 e. The van der Waals surface area contributed by atoms with Crippen LogP contribution in [0.4, 0.5) is 0 Å². The van der Waals surface area contributed by atoms with Gasteiger partial charge >= 0.3 is 5.97 Å². The molecule has 0 bridgehead atoms. The number of aryl methyl sites for hydroxylation is 1. The van der Waals surface area contributed by atoms with Gasteiger partial charge in [-0.2, -0.15) is 0 Å². The molecular weight excluding hydrogens is 276 g/mol. The molecule has 0 aliphatic rings. The van der Waals surface area contributed by atoms with Gasteiger partial charge < -0.3 is 10.4 Å². The quantitative estimate of drug-likeness (QED) is 0.881. The van der Waals surface area contributed by atoms with Crippen LogP contribution < -0.4 is 5.32 Å². The van der Waals surface area contributed by atoms with Crippen molar-refractivity contribution in [3.05, 3.63) is 52.0 Å². The maximum Gasteiger partial charge on any atom is 0.326 e. The zero-order chi connectivity index (χ0) is 14.5. The van der Waals surface area contributed by atoms with Gasteiger partial charge in [0.1, 0.15) is 6.04 Å². The third kappa shape index (κ3) is 3.64. The van der Waals surface area contributed by atoms with E-state index in [2.05, 4.69) is 10.3 Å². The number of aromatic nitrogens is 1. The zero-order valence-electron chi connectivity index (χ0n) is 10.9. The molecule has 2 aromatic rings. The van der Waals surface area contributed by atoms with E-state index in [1.54, 1.807) is 30.6 Å². The van der Waals surface area contributed by atoms with E-state index in [-0.39, 0.29) is 12.3 Å². The predicted molar refractivity (Wildman–Crippen MR) is 75.9 cm³/mol. The van der Waals surface area contributed by atoms with E-state index in [1.165, 1.54) is 11.3 Å². The average molecular weight is 290 g/mol. The summed E-state index contributed by atoms with van der Waals surface area (Å²) in [5.74, 6) is -1.42. The Labute approximate surface area is 120 Å². The number of nitrogens with one attached hydrogen (secondary N) is 1. The first-order valence-electron chi connectivity index (χ1n) is 6.04. The van der Waals surface area contributed by atoms with Crippen LogP contribution >= 0.6 is 11.3 Å². The van der Waals surface area contributed by atoms with E-state index in [0.717, 1.165) is 11.1 Å². The van der Waals surface area contributed by atoms with E-state index in [1.807, 2.05) is 12.3 Å². The first-order chi connectivity index (χ1) is 9.56. The molecule has 2 rings (SSSR count). The van der Waals surface area contributed by atoms with E-state index in [4.69, 9.17) is 0 Å². The topological polar surface area (TPSA) is 79.3 Å². The lowest BCUT2D eigenvalue weighted by atomic mass is 10.1. The number of thiophene rings is 1. The van der Waals surface area contributed by atoms with Crippen LogP contribution in [0.2, 0.25) is 0 Å². The van der Waals surface area contributed by atoms with E-state index in [9.17, 15) is 14.7 Å². The van der Waals surface area contributed by atoms with Crippen molar-refractivity contribution in [3.8, 4) is 0 Å². The highest BCUT2D eigenvalue weighted by Crippen LogP contribution is 2.14. The number of rotatable bonds is 5. The first-order valence-corrected chi connectivity index (χ1v) is 6.92. The molecule has 0 aromatic carbocycles. The molecule has 0 aliphatic heterocycles. The number of carboxylic acid groups (broad SMARTS) is 1. The molecule has 2 N–H and O–H groups in total. The fraction of sp³-hybridized carbons (Fsp3) is 0.214. The van der Waals surface area contributed by atoms with Crippen molar-refractivity contribution in [2.45, 2.75) is 19.4 Å². The Morgan fingerprint density at radius 1 is 1.50 bits per heavy atom. The Bertz CT molecular complexity index is 610. The Hall–Kier alpha value is -2.21. The van der Waals surface area contributed by atoms with Crippen molar-refractivity contribution in [2.24, 2.45) is 0 Å². The van der Waals surface area contributed by atoms with Crippen molar-refractivity contribution in [2.75, 3.05) is 0 Å². The molecule has 6 heteroatoms. The van der Waals surface area contributed by atoms with Gasteiger partial charge in [-0.15, -0.1) is 11.3 Å². The Morgan fingerprint density at radius 3 is 2.85 bits per heavy atom. The van der Waals surface area contributed by atoms with Crippen LogP contribution in [0.1, 0.15) is 20.8 Å². The highest BCUT2D eigenvalue weighted by Gasteiger charge is 2.21. The summed E-state index contributed by atoms with van der Waals surface area (Å²) < 4.78 is 0. The number of carbonyl (C=O) groups is 2. The molecule has 1 amide bonds. The lowest BCUT2D eigenvalue weighted by Gasteiger charge is -2.13. The average Bonchev–Trinajstić information content (AvgIpc) is 2.86. The maximum absolute atomic E-state index is 12.0. The van der Waals surface area contributed by atoms with Gasteiger partial charge in [-0.1, -0.05) is 6.07 Å². The predicted octanol–water partition coefficient (Wildman–Crippen LogP) is 1.88. The monoisotopic (exact) mass is 290 g/mol. The molecule has 0 saturated heterocycles. The van der Waals surface area contributed by atoms with Gasteiger partial charge in [-0.25, -0.2) is 4.79 Å². The fourth-order valence-corrected chi connectivity index (χ4v) is 2.54. The standard InChI is InChI=1S/C14H14N2O3S/c1-9-5-12(20-8-9)13(17)16-11(14(18)19)6-10-3-2-4-15-7-10/h2-5,7-8,11H,6H2,1H3,(H,16,17)(H,18,19)/t11-/m0/s1. The van der Waals surface area contributed by atoms with Crippen LogP contribution in [-0.2, 0) is 11.2 Å². The molecule has 20 heavy (non-hydrogen) atoms.